The van der Waals surface area contributed by atoms with Crippen LogP contribution >= 0.6 is 0 Å². The minimum atomic E-state index is -0.257. The standard InChI is InChI=1S/C11H16N6O2.C2H6/c1-15(2)6-13-11-14-9-8(10(19)16(11)3)12-7-17(9)4-5-18;1-2/h6-7,18H,4-5H2,1-3H3;1-2H3/b13-6+;. The van der Waals surface area contributed by atoms with Crippen LogP contribution < -0.4 is 5.56 Å². The van der Waals surface area contributed by atoms with Crippen molar-refractivity contribution in [2.24, 2.45) is 12.0 Å². The molecule has 2 rings (SSSR count). The Morgan fingerprint density at radius 3 is 2.67 bits per heavy atom. The number of aliphatic imine (C=N–C) groups is 1. The Labute approximate surface area is 123 Å². The molecule has 0 aliphatic carbocycles. The van der Waals surface area contributed by atoms with E-state index < -0.39 is 0 Å². The van der Waals surface area contributed by atoms with Crippen LogP contribution in [0.15, 0.2) is 16.1 Å². The molecule has 0 atom stereocenters. The third kappa shape index (κ3) is 3.66. The van der Waals surface area contributed by atoms with Crippen LogP contribution in [0.2, 0.25) is 0 Å². The number of imidazole rings is 1. The predicted molar refractivity (Wildman–Crippen MR) is 83.0 cm³/mol. The summed E-state index contributed by atoms with van der Waals surface area (Å²) < 4.78 is 2.98. The molecular weight excluding hydrogens is 272 g/mol. The van der Waals surface area contributed by atoms with Gasteiger partial charge in [-0.05, 0) is 0 Å². The molecule has 1 N–H and O–H groups in total. The Kier molecular flexibility index (Phi) is 6.04. The summed E-state index contributed by atoms with van der Waals surface area (Å²) in [7, 11) is 5.26. The van der Waals surface area contributed by atoms with Crippen molar-refractivity contribution in [2.75, 3.05) is 20.7 Å². The second-order valence-electron chi connectivity index (χ2n) is 4.32. The van der Waals surface area contributed by atoms with E-state index in [2.05, 4.69) is 15.0 Å². The van der Waals surface area contributed by atoms with Crippen molar-refractivity contribution in [2.45, 2.75) is 20.4 Å². The molecule has 0 unspecified atom stereocenters. The number of nitrogens with zero attached hydrogens (tertiary/aromatic N) is 6. The number of aromatic nitrogens is 4. The Morgan fingerprint density at radius 1 is 1.43 bits per heavy atom. The van der Waals surface area contributed by atoms with Gasteiger partial charge in [0.05, 0.1) is 19.3 Å². The average Bonchev–Trinajstić information content (AvgIpc) is 2.87. The first-order chi connectivity index (χ1) is 10.0. The molecule has 8 nitrogen and oxygen atoms in total. The fourth-order valence-corrected chi connectivity index (χ4v) is 1.62. The van der Waals surface area contributed by atoms with Gasteiger partial charge < -0.3 is 14.6 Å². The molecule has 116 valence electrons. The molecule has 2 heterocycles. The van der Waals surface area contributed by atoms with E-state index in [9.17, 15) is 4.79 Å². The summed E-state index contributed by atoms with van der Waals surface area (Å²) in [5, 5.41) is 8.97. The van der Waals surface area contributed by atoms with Gasteiger partial charge in [-0.25, -0.2) is 9.98 Å². The zero-order valence-corrected chi connectivity index (χ0v) is 13.1. The van der Waals surface area contributed by atoms with Crippen molar-refractivity contribution in [1.82, 2.24) is 24.0 Å². The van der Waals surface area contributed by atoms with Crippen LogP contribution in [0, 0.1) is 0 Å². The molecule has 0 aliphatic rings. The third-order valence-corrected chi connectivity index (χ3v) is 2.57. The molecule has 21 heavy (non-hydrogen) atoms. The molecule has 0 bridgehead atoms. The first-order valence-corrected chi connectivity index (χ1v) is 6.78. The fraction of sp³-hybridized carbons (Fsp3) is 0.538. The van der Waals surface area contributed by atoms with Gasteiger partial charge in [-0.15, -0.1) is 0 Å². The summed E-state index contributed by atoms with van der Waals surface area (Å²) in [6.45, 7) is 4.30. The molecule has 2 aromatic rings. The van der Waals surface area contributed by atoms with Crippen molar-refractivity contribution in [3.05, 3.63) is 16.7 Å². The lowest BCUT2D eigenvalue weighted by Gasteiger charge is -2.06. The molecule has 0 saturated carbocycles. The first kappa shape index (κ1) is 16.8. The molecule has 0 saturated heterocycles. The normalized spacial score (nSPS) is 10.8. The Morgan fingerprint density at radius 2 is 2.10 bits per heavy atom. The average molecular weight is 294 g/mol. The first-order valence-electron chi connectivity index (χ1n) is 6.78. The SMILES string of the molecule is CC.CN(C)/C=N/c1nc2c(ncn2CCO)c(=O)n1C. The van der Waals surface area contributed by atoms with Crippen LogP contribution in [0.25, 0.3) is 11.2 Å². The van der Waals surface area contributed by atoms with Gasteiger partial charge in [-0.3, -0.25) is 9.36 Å². The second-order valence-corrected chi connectivity index (χ2v) is 4.32. The lowest BCUT2D eigenvalue weighted by atomic mass is 10.5. The van der Waals surface area contributed by atoms with Crippen LogP contribution in [-0.2, 0) is 13.6 Å². The van der Waals surface area contributed by atoms with Gasteiger partial charge in [0.2, 0.25) is 5.95 Å². The minimum Gasteiger partial charge on any atom is -0.395 e. The van der Waals surface area contributed by atoms with Gasteiger partial charge in [0.1, 0.15) is 0 Å². The molecule has 8 heteroatoms. The highest BCUT2D eigenvalue weighted by atomic mass is 16.3. The fourth-order valence-electron chi connectivity index (χ4n) is 1.62. The number of hydrogen-bond acceptors (Lipinski definition) is 5. The van der Waals surface area contributed by atoms with E-state index >= 15 is 0 Å². The molecule has 0 aromatic carbocycles. The van der Waals surface area contributed by atoms with Crippen LogP contribution in [0.4, 0.5) is 5.95 Å². The molecule has 0 radical (unpaired) electrons. The van der Waals surface area contributed by atoms with Gasteiger partial charge in [-0.2, -0.15) is 4.98 Å². The van der Waals surface area contributed by atoms with Gasteiger partial charge in [0.15, 0.2) is 11.2 Å². The molecule has 0 spiro atoms. The summed E-state index contributed by atoms with van der Waals surface area (Å²) in [6, 6.07) is 0. The topological polar surface area (TPSA) is 88.5 Å². The highest BCUT2D eigenvalue weighted by Crippen LogP contribution is 2.11. The largest absolute Gasteiger partial charge is 0.395 e. The monoisotopic (exact) mass is 294 g/mol. The summed E-state index contributed by atoms with van der Waals surface area (Å²) in [4.78, 5) is 26.3. The van der Waals surface area contributed by atoms with E-state index in [1.54, 1.807) is 22.9 Å². The minimum absolute atomic E-state index is 0.0430. The molecule has 0 aliphatic heterocycles. The lowest BCUT2D eigenvalue weighted by Crippen LogP contribution is -2.19. The Bertz CT molecular complexity index is 671. The molecule has 0 amide bonds. The highest BCUT2D eigenvalue weighted by Gasteiger charge is 2.12. The summed E-state index contributed by atoms with van der Waals surface area (Å²) in [5.41, 5.74) is 0.454. The Balaban J connectivity index is 0.00000106. The van der Waals surface area contributed by atoms with Gasteiger partial charge in [-0.1, -0.05) is 13.8 Å². The number of rotatable bonds is 4. The van der Waals surface area contributed by atoms with Crippen LogP contribution in [0.5, 0.6) is 0 Å². The van der Waals surface area contributed by atoms with E-state index in [0.717, 1.165) is 0 Å². The second kappa shape index (κ2) is 7.53. The maximum absolute atomic E-state index is 12.1. The number of aliphatic hydroxyl groups is 1. The highest BCUT2D eigenvalue weighted by molar-refractivity contribution is 5.71. The molecule has 2 aromatic heterocycles. The lowest BCUT2D eigenvalue weighted by molar-refractivity contribution is 0.277. The van der Waals surface area contributed by atoms with Crippen LogP contribution in [0.3, 0.4) is 0 Å². The summed E-state index contributed by atoms with van der Waals surface area (Å²) in [5.74, 6) is 0.297. The smallest absolute Gasteiger partial charge is 0.282 e. The number of fused-ring (bicyclic) bond motifs is 1. The Hall–Kier alpha value is -2.22. The van der Waals surface area contributed by atoms with E-state index in [0.29, 0.717) is 18.1 Å². The van der Waals surface area contributed by atoms with Crippen LogP contribution in [-0.4, -0.2) is 56.1 Å². The van der Waals surface area contributed by atoms with Gasteiger partial charge in [0, 0.05) is 27.7 Å². The van der Waals surface area contributed by atoms with Crippen LogP contribution in [0.1, 0.15) is 13.8 Å². The van der Waals surface area contributed by atoms with E-state index in [1.807, 2.05) is 27.9 Å². The summed E-state index contributed by atoms with van der Waals surface area (Å²) in [6.07, 6.45) is 3.06. The molecular formula is C13H22N6O2. The van der Waals surface area contributed by atoms with Crippen molar-refractivity contribution in [3.8, 4) is 0 Å². The predicted octanol–water partition coefficient (Wildman–Crippen LogP) is 0.370. The quantitative estimate of drug-likeness (QED) is 0.650. The summed E-state index contributed by atoms with van der Waals surface area (Å²) >= 11 is 0. The van der Waals surface area contributed by atoms with Gasteiger partial charge in [0.25, 0.3) is 5.56 Å². The zero-order chi connectivity index (χ0) is 16.0. The number of aliphatic hydroxyl groups excluding tert-OH is 1. The van der Waals surface area contributed by atoms with E-state index in [4.69, 9.17) is 5.11 Å². The van der Waals surface area contributed by atoms with E-state index in [-0.39, 0.29) is 17.7 Å². The van der Waals surface area contributed by atoms with Gasteiger partial charge >= 0.3 is 0 Å². The number of hydrogen-bond donors (Lipinski definition) is 1. The zero-order valence-electron chi connectivity index (χ0n) is 13.1. The maximum atomic E-state index is 12.1. The molecule has 0 fully saturated rings. The van der Waals surface area contributed by atoms with E-state index in [1.165, 1.54) is 10.9 Å². The van der Waals surface area contributed by atoms with Crippen molar-refractivity contribution in [3.63, 3.8) is 0 Å². The van der Waals surface area contributed by atoms with Crippen molar-refractivity contribution >= 4 is 23.5 Å². The third-order valence-electron chi connectivity index (χ3n) is 2.57. The maximum Gasteiger partial charge on any atom is 0.282 e. The van der Waals surface area contributed by atoms with Crippen molar-refractivity contribution in [1.29, 1.82) is 0 Å². The van der Waals surface area contributed by atoms with Crippen molar-refractivity contribution < 1.29 is 5.11 Å².